The molecule has 3 rings (SSSR count). The van der Waals surface area contributed by atoms with Gasteiger partial charge in [0.1, 0.15) is 0 Å². The predicted octanol–water partition coefficient (Wildman–Crippen LogP) is 2.88. The van der Waals surface area contributed by atoms with Gasteiger partial charge >= 0.3 is 0 Å². The van der Waals surface area contributed by atoms with Crippen LogP contribution in [0, 0.1) is 0 Å². The van der Waals surface area contributed by atoms with Crippen LogP contribution in [0.4, 0.5) is 5.95 Å². The molecule has 0 unspecified atom stereocenters. The van der Waals surface area contributed by atoms with Crippen LogP contribution in [0.25, 0.3) is 0 Å². The minimum Gasteiger partial charge on any atom is -0.378 e. The Morgan fingerprint density at radius 2 is 2.05 bits per heavy atom. The van der Waals surface area contributed by atoms with Crippen LogP contribution >= 0.6 is 22.9 Å². The minimum absolute atomic E-state index is 0.261. The van der Waals surface area contributed by atoms with Gasteiger partial charge in [-0.05, 0) is 19.1 Å². The molecule has 1 fully saturated rings. The van der Waals surface area contributed by atoms with Crippen molar-refractivity contribution < 1.29 is 4.74 Å². The largest absolute Gasteiger partial charge is 0.378 e. The van der Waals surface area contributed by atoms with E-state index in [9.17, 15) is 0 Å². The Morgan fingerprint density at radius 1 is 1.32 bits per heavy atom. The zero-order chi connectivity index (χ0) is 15.4. The lowest BCUT2D eigenvalue weighted by Gasteiger charge is -2.26. The summed E-state index contributed by atoms with van der Waals surface area (Å²) in [5, 5.41) is 3.47. The van der Waals surface area contributed by atoms with E-state index in [0.717, 1.165) is 48.7 Å². The number of hydrogen-bond acceptors (Lipinski definition) is 6. The summed E-state index contributed by atoms with van der Waals surface area (Å²) in [6, 6.07) is 4.25. The van der Waals surface area contributed by atoms with E-state index in [2.05, 4.69) is 33.2 Å². The van der Waals surface area contributed by atoms with E-state index in [0.29, 0.717) is 0 Å². The summed E-state index contributed by atoms with van der Waals surface area (Å²) in [5.74, 6) is 0.783. The Morgan fingerprint density at radius 3 is 2.68 bits per heavy atom. The number of anilines is 1. The molecule has 0 aliphatic carbocycles. The predicted molar refractivity (Wildman–Crippen MR) is 89.6 cm³/mol. The first-order chi connectivity index (χ1) is 10.7. The molecule has 2 aromatic heterocycles. The fraction of sp³-hybridized carbons (Fsp3) is 0.467. The Bertz CT molecular complexity index is 598. The van der Waals surface area contributed by atoms with Crippen molar-refractivity contribution in [3.05, 3.63) is 39.3 Å². The van der Waals surface area contributed by atoms with Gasteiger partial charge in [0, 0.05) is 48.5 Å². The molecule has 1 N–H and O–H groups in total. The zero-order valence-corrected chi connectivity index (χ0v) is 14.0. The molecule has 0 aromatic carbocycles. The van der Waals surface area contributed by atoms with Crippen molar-refractivity contribution in [2.24, 2.45) is 0 Å². The molecule has 0 radical (unpaired) electrons. The lowest BCUT2D eigenvalue weighted by molar-refractivity contribution is 0.122. The Labute approximate surface area is 139 Å². The van der Waals surface area contributed by atoms with E-state index in [1.54, 1.807) is 11.3 Å². The lowest BCUT2D eigenvalue weighted by Crippen LogP contribution is -2.37. The van der Waals surface area contributed by atoms with Crippen LogP contribution in [0.15, 0.2) is 24.5 Å². The minimum atomic E-state index is 0.261. The molecule has 3 heterocycles. The van der Waals surface area contributed by atoms with Crippen molar-refractivity contribution in [3.8, 4) is 0 Å². The molecular formula is C15H19ClN4OS. The quantitative estimate of drug-likeness (QED) is 0.908. The van der Waals surface area contributed by atoms with Crippen LogP contribution in [0.2, 0.25) is 4.34 Å². The fourth-order valence-corrected chi connectivity index (χ4v) is 3.39. The molecule has 1 aliphatic heterocycles. The number of ether oxygens (including phenoxy) is 1. The summed E-state index contributed by atoms with van der Waals surface area (Å²) in [6.45, 7) is 6.06. The summed E-state index contributed by atoms with van der Waals surface area (Å²) in [5.41, 5.74) is 1.08. The van der Waals surface area contributed by atoms with Gasteiger partial charge in [-0.1, -0.05) is 11.6 Å². The number of thiophene rings is 1. The zero-order valence-electron chi connectivity index (χ0n) is 12.5. The second-order valence-corrected chi connectivity index (χ2v) is 6.98. The highest BCUT2D eigenvalue weighted by Gasteiger charge is 2.13. The fourth-order valence-electron chi connectivity index (χ4n) is 2.30. The highest BCUT2D eigenvalue weighted by atomic mass is 35.5. The smallest absolute Gasteiger partial charge is 0.225 e. The Balaban J connectivity index is 1.54. The number of nitrogens with one attached hydrogen (secondary N) is 1. The molecule has 5 nitrogen and oxygen atoms in total. The van der Waals surface area contributed by atoms with Crippen molar-refractivity contribution >= 4 is 28.9 Å². The van der Waals surface area contributed by atoms with Crippen molar-refractivity contribution in [1.29, 1.82) is 0 Å². The van der Waals surface area contributed by atoms with Gasteiger partial charge in [-0.25, -0.2) is 9.97 Å². The normalized spacial score (nSPS) is 16.7. The topological polar surface area (TPSA) is 50.3 Å². The van der Waals surface area contributed by atoms with Gasteiger partial charge in [0.25, 0.3) is 0 Å². The number of halogens is 1. The maximum atomic E-state index is 5.97. The van der Waals surface area contributed by atoms with Crippen molar-refractivity contribution in [3.63, 3.8) is 0 Å². The molecule has 1 atom stereocenters. The first kappa shape index (κ1) is 15.7. The molecule has 118 valence electrons. The van der Waals surface area contributed by atoms with E-state index >= 15 is 0 Å². The number of morpholine rings is 1. The summed E-state index contributed by atoms with van der Waals surface area (Å²) in [6.07, 6.45) is 3.78. The third-order valence-corrected chi connectivity index (χ3v) is 5.03. The maximum Gasteiger partial charge on any atom is 0.225 e. The molecule has 0 bridgehead atoms. The van der Waals surface area contributed by atoms with Crippen molar-refractivity contribution in [2.45, 2.75) is 19.5 Å². The van der Waals surface area contributed by atoms with Crippen LogP contribution in [-0.4, -0.2) is 36.3 Å². The average Bonchev–Trinajstić information content (AvgIpc) is 3.00. The second-order valence-electron chi connectivity index (χ2n) is 5.24. The molecule has 2 aromatic rings. The van der Waals surface area contributed by atoms with Gasteiger partial charge in [-0.15, -0.1) is 11.3 Å². The van der Waals surface area contributed by atoms with Crippen molar-refractivity contribution in [1.82, 2.24) is 15.3 Å². The van der Waals surface area contributed by atoms with Crippen LogP contribution in [0.5, 0.6) is 0 Å². The van der Waals surface area contributed by atoms with Gasteiger partial charge in [0.2, 0.25) is 5.95 Å². The Hall–Kier alpha value is -1.21. The highest BCUT2D eigenvalue weighted by molar-refractivity contribution is 7.16. The van der Waals surface area contributed by atoms with Gasteiger partial charge in [-0.3, -0.25) is 0 Å². The lowest BCUT2D eigenvalue weighted by atomic mass is 10.2. The number of aromatic nitrogens is 2. The van der Waals surface area contributed by atoms with E-state index in [4.69, 9.17) is 16.3 Å². The highest BCUT2D eigenvalue weighted by Crippen LogP contribution is 2.26. The second kappa shape index (κ2) is 7.37. The van der Waals surface area contributed by atoms with Gasteiger partial charge in [0.15, 0.2) is 0 Å². The summed E-state index contributed by atoms with van der Waals surface area (Å²) < 4.78 is 6.16. The monoisotopic (exact) mass is 338 g/mol. The van der Waals surface area contributed by atoms with Crippen LogP contribution in [0.3, 0.4) is 0 Å². The molecule has 1 aliphatic rings. The molecule has 0 saturated carbocycles. The van der Waals surface area contributed by atoms with Crippen LogP contribution < -0.4 is 10.2 Å². The Kier molecular flexibility index (Phi) is 5.25. The SMILES string of the molecule is C[C@H](NCc1cnc(N2CCOCC2)nc1)c1ccc(Cl)s1. The maximum absolute atomic E-state index is 5.97. The molecule has 1 saturated heterocycles. The molecule has 7 heteroatoms. The summed E-state index contributed by atoms with van der Waals surface area (Å²) >= 11 is 7.58. The van der Waals surface area contributed by atoms with E-state index in [1.165, 1.54) is 4.88 Å². The molecule has 0 amide bonds. The van der Waals surface area contributed by atoms with E-state index < -0.39 is 0 Å². The molecule has 0 spiro atoms. The first-order valence-electron chi connectivity index (χ1n) is 7.34. The average molecular weight is 339 g/mol. The van der Waals surface area contributed by atoms with Crippen LogP contribution in [0.1, 0.15) is 23.4 Å². The summed E-state index contributed by atoms with van der Waals surface area (Å²) in [7, 11) is 0. The van der Waals surface area contributed by atoms with Gasteiger partial charge in [-0.2, -0.15) is 0 Å². The van der Waals surface area contributed by atoms with Gasteiger partial charge in [0.05, 0.1) is 17.6 Å². The third-order valence-electron chi connectivity index (χ3n) is 3.62. The van der Waals surface area contributed by atoms with E-state index in [1.807, 2.05) is 18.5 Å². The third kappa shape index (κ3) is 3.95. The standard InChI is InChI=1S/C15H19ClN4OS/c1-11(13-2-3-14(16)22-13)17-8-12-9-18-15(19-10-12)20-4-6-21-7-5-20/h2-3,9-11,17H,4-8H2,1H3/t11-/m0/s1. The summed E-state index contributed by atoms with van der Waals surface area (Å²) in [4.78, 5) is 12.3. The number of nitrogens with zero attached hydrogens (tertiary/aromatic N) is 3. The van der Waals surface area contributed by atoms with Crippen molar-refractivity contribution in [2.75, 3.05) is 31.2 Å². The molecular weight excluding hydrogens is 320 g/mol. The number of rotatable bonds is 5. The molecule has 22 heavy (non-hydrogen) atoms. The number of hydrogen-bond donors (Lipinski definition) is 1. The van der Waals surface area contributed by atoms with Gasteiger partial charge < -0.3 is 15.0 Å². The first-order valence-corrected chi connectivity index (χ1v) is 8.54. The van der Waals surface area contributed by atoms with Crippen LogP contribution in [-0.2, 0) is 11.3 Å². The van der Waals surface area contributed by atoms with E-state index in [-0.39, 0.29) is 6.04 Å².